The van der Waals surface area contributed by atoms with Gasteiger partial charge in [-0.05, 0) is 32.5 Å². The van der Waals surface area contributed by atoms with Crippen LogP contribution in [-0.2, 0) is 5.75 Å². The van der Waals surface area contributed by atoms with Gasteiger partial charge in [-0.25, -0.2) is 0 Å². The van der Waals surface area contributed by atoms with E-state index in [0.29, 0.717) is 0 Å². The van der Waals surface area contributed by atoms with Crippen molar-refractivity contribution in [3.63, 3.8) is 0 Å². The molecular formula is C11H16N2OS. The largest absolute Gasteiger partial charge is 0.468 e. The molecule has 0 amide bonds. The second-order valence-electron chi connectivity index (χ2n) is 3.71. The van der Waals surface area contributed by atoms with E-state index in [2.05, 4.69) is 11.4 Å². The maximum atomic E-state index is 8.95. The fraction of sp³-hybridized carbons (Fsp3) is 0.545. The molecule has 15 heavy (non-hydrogen) atoms. The van der Waals surface area contributed by atoms with Crippen LogP contribution in [-0.4, -0.2) is 18.3 Å². The van der Waals surface area contributed by atoms with E-state index >= 15 is 0 Å². The summed E-state index contributed by atoms with van der Waals surface area (Å²) in [5.74, 6) is 2.56. The number of furan rings is 1. The van der Waals surface area contributed by atoms with E-state index in [1.54, 1.807) is 18.0 Å². The monoisotopic (exact) mass is 224 g/mol. The van der Waals surface area contributed by atoms with Crippen LogP contribution in [0, 0.1) is 18.3 Å². The molecule has 82 valence electrons. The van der Waals surface area contributed by atoms with Gasteiger partial charge in [-0.2, -0.15) is 17.0 Å². The van der Waals surface area contributed by atoms with Crippen LogP contribution in [0.2, 0.25) is 0 Å². The zero-order valence-corrected chi connectivity index (χ0v) is 10.1. The van der Waals surface area contributed by atoms with E-state index in [9.17, 15) is 0 Å². The molecule has 4 heteroatoms. The van der Waals surface area contributed by atoms with Crippen LogP contribution < -0.4 is 5.32 Å². The highest BCUT2D eigenvalue weighted by atomic mass is 32.2. The highest BCUT2D eigenvalue weighted by molar-refractivity contribution is 7.98. The fourth-order valence-electron chi connectivity index (χ4n) is 1.06. The van der Waals surface area contributed by atoms with Crippen LogP contribution in [0.25, 0.3) is 0 Å². The molecule has 0 bridgehead atoms. The van der Waals surface area contributed by atoms with Crippen LogP contribution in [0.4, 0.5) is 0 Å². The third-order valence-electron chi connectivity index (χ3n) is 2.39. The second kappa shape index (κ2) is 5.24. The maximum Gasteiger partial charge on any atom is 0.116 e. The molecule has 0 saturated heterocycles. The molecule has 0 fully saturated rings. The molecule has 0 aliphatic carbocycles. The van der Waals surface area contributed by atoms with Crippen molar-refractivity contribution >= 4 is 11.8 Å². The first-order valence-electron chi connectivity index (χ1n) is 4.82. The number of nitriles is 1. The fourth-order valence-corrected chi connectivity index (χ4v) is 2.26. The Bertz CT molecular complexity index is 356. The number of thioether (sulfide) groups is 1. The maximum absolute atomic E-state index is 8.95. The van der Waals surface area contributed by atoms with Gasteiger partial charge in [-0.1, -0.05) is 0 Å². The van der Waals surface area contributed by atoms with E-state index in [-0.39, 0.29) is 0 Å². The average molecular weight is 224 g/mol. The molecule has 3 nitrogen and oxygen atoms in total. The Labute approximate surface area is 94.8 Å². The zero-order chi connectivity index (χ0) is 11.3. The molecule has 0 spiro atoms. The first-order valence-corrected chi connectivity index (χ1v) is 5.97. The van der Waals surface area contributed by atoms with E-state index in [4.69, 9.17) is 9.68 Å². The molecule has 0 aromatic carbocycles. The SMILES string of the molecule is CNC(C)(C#N)CSCc1occc1C. The number of nitrogens with zero attached hydrogens (tertiary/aromatic N) is 1. The molecule has 0 aliphatic rings. The van der Waals surface area contributed by atoms with Gasteiger partial charge in [0.05, 0.1) is 18.1 Å². The summed E-state index contributed by atoms with van der Waals surface area (Å²) in [6.45, 7) is 3.93. The Kier molecular flexibility index (Phi) is 4.25. The Morgan fingerprint density at radius 2 is 2.40 bits per heavy atom. The second-order valence-corrected chi connectivity index (χ2v) is 4.70. The van der Waals surface area contributed by atoms with Crippen molar-refractivity contribution < 1.29 is 4.42 Å². The van der Waals surface area contributed by atoms with Crippen molar-refractivity contribution in [3.05, 3.63) is 23.7 Å². The number of hydrogen-bond acceptors (Lipinski definition) is 4. The molecule has 1 atom stereocenters. The molecule has 1 N–H and O–H groups in total. The van der Waals surface area contributed by atoms with Crippen molar-refractivity contribution in [1.29, 1.82) is 5.26 Å². The quantitative estimate of drug-likeness (QED) is 0.834. The summed E-state index contributed by atoms with van der Waals surface area (Å²) in [6, 6.07) is 4.22. The molecule has 1 aromatic rings. The van der Waals surface area contributed by atoms with Crippen molar-refractivity contribution in [2.45, 2.75) is 25.1 Å². The van der Waals surface area contributed by atoms with Gasteiger partial charge in [0.25, 0.3) is 0 Å². The molecule has 0 saturated carbocycles. The average Bonchev–Trinajstić information content (AvgIpc) is 2.64. The molecule has 1 aromatic heterocycles. The highest BCUT2D eigenvalue weighted by Crippen LogP contribution is 2.20. The predicted molar refractivity (Wildman–Crippen MR) is 62.7 cm³/mol. The summed E-state index contributed by atoms with van der Waals surface area (Å²) in [6.07, 6.45) is 1.70. The van der Waals surface area contributed by atoms with Crippen molar-refractivity contribution in [3.8, 4) is 6.07 Å². The van der Waals surface area contributed by atoms with Crippen molar-refractivity contribution in [2.24, 2.45) is 0 Å². The van der Waals surface area contributed by atoms with Crippen molar-refractivity contribution in [1.82, 2.24) is 5.32 Å². The summed E-state index contributed by atoms with van der Waals surface area (Å²) >= 11 is 1.70. The third kappa shape index (κ3) is 3.29. The molecule has 1 unspecified atom stereocenters. The van der Waals surface area contributed by atoms with Crippen LogP contribution >= 0.6 is 11.8 Å². The van der Waals surface area contributed by atoms with E-state index in [0.717, 1.165) is 17.3 Å². The van der Waals surface area contributed by atoms with Gasteiger partial charge in [-0.3, -0.25) is 0 Å². The highest BCUT2D eigenvalue weighted by Gasteiger charge is 2.20. The number of rotatable bonds is 5. The minimum Gasteiger partial charge on any atom is -0.468 e. The summed E-state index contributed by atoms with van der Waals surface area (Å²) in [5, 5.41) is 12.0. The van der Waals surface area contributed by atoms with E-state index in [1.165, 1.54) is 5.56 Å². The van der Waals surface area contributed by atoms with Crippen molar-refractivity contribution in [2.75, 3.05) is 12.8 Å². The molecular weight excluding hydrogens is 208 g/mol. The Hall–Kier alpha value is -0.920. The van der Waals surface area contributed by atoms with Crippen LogP contribution in [0.5, 0.6) is 0 Å². The van der Waals surface area contributed by atoms with Gasteiger partial charge in [0.2, 0.25) is 0 Å². The Morgan fingerprint density at radius 1 is 1.67 bits per heavy atom. The first kappa shape index (κ1) is 12.2. The normalized spacial score (nSPS) is 14.5. The lowest BCUT2D eigenvalue weighted by atomic mass is 10.1. The van der Waals surface area contributed by atoms with E-state index in [1.807, 2.05) is 27.0 Å². The lowest BCUT2D eigenvalue weighted by Crippen LogP contribution is -2.40. The topological polar surface area (TPSA) is 49.0 Å². The lowest BCUT2D eigenvalue weighted by Gasteiger charge is -2.19. The minimum atomic E-state index is -0.453. The number of aryl methyl sites for hydroxylation is 1. The number of nitrogens with one attached hydrogen (secondary N) is 1. The molecule has 0 aliphatic heterocycles. The molecule has 1 rings (SSSR count). The van der Waals surface area contributed by atoms with Gasteiger partial charge >= 0.3 is 0 Å². The summed E-state index contributed by atoms with van der Waals surface area (Å²) in [5.41, 5.74) is 0.719. The van der Waals surface area contributed by atoms with Crippen LogP contribution in [0.1, 0.15) is 18.2 Å². The van der Waals surface area contributed by atoms with Gasteiger partial charge in [0.1, 0.15) is 11.3 Å². The molecule has 0 radical (unpaired) electrons. The van der Waals surface area contributed by atoms with Gasteiger partial charge in [0.15, 0.2) is 0 Å². The van der Waals surface area contributed by atoms with Gasteiger partial charge < -0.3 is 9.73 Å². The first-order chi connectivity index (χ1) is 7.11. The Morgan fingerprint density at radius 3 is 2.87 bits per heavy atom. The number of hydrogen-bond donors (Lipinski definition) is 1. The van der Waals surface area contributed by atoms with Gasteiger partial charge in [0, 0.05) is 5.75 Å². The summed E-state index contributed by atoms with van der Waals surface area (Å²) in [4.78, 5) is 0. The standard InChI is InChI=1S/C11H16N2OS/c1-9-4-5-14-10(9)6-15-8-11(2,7-12)13-3/h4-5,13H,6,8H2,1-3H3. The third-order valence-corrected chi connectivity index (χ3v) is 3.64. The van der Waals surface area contributed by atoms with Gasteiger partial charge in [-0.15, -0.1) is 0 Å². The summed E-state index contributed by atoms with van der Waals surface area (Å²) < 4.78 is 5.32. The smallest absolute Gasteiger partial charge is 0.116 e. The summed E-state index contributed by atoms with van der Waals surface area (Å²) in [7, 11) is 1.81. The zero-order valence-electron chi connectivity index (χ0n) is 9.33. The lowest BCUT2D eigenvalue weighted by molar-refractivity contribution is 0.525. The van der Waals surface area contributed by atoms with Crippen LogP contribution in [0.3, 0.4) is 0 Å². The Balaban J connectivity index is 2.40. The predicted octanol–water partition coefficient (Wildman–Crippen LogP) is 2.32. The minimum absolute atomic E-state index is 0.453. The molecule has 1 heterocycles. The van der Waals surface area contributed by atoms with E-state index < -0.39 is 5.54 Å². The van der Waals surface area contributed by atoms with Crippen LogP contribution in [0.15, 0.2) is 16.7 Å².